The quantitative estimate of drug-likeness (QED) is 0.226. The normalized spacial score (nSPS) is 22.6. The van der Waals surface area contributed by atoms with Crippen LogP contribution < -0.4 is 5.32 Å². The molecule has 0 bridgehead atoms. The summed E-state index contributed by atoms with van der Waals surface area (Å²) in [6, 6.07) is 4.22. The van der Waals surface area contributed by atoms with Gasteiger partial charge in [-0.05, 0) is 54.2 Å². The molecular formula is C26H24F7N5O2S. The van der Waals surface area contributed by atoms with Crippen LogP contribution in [0.15, 0.2) is 54.1 Å². The van der Waals surface area contributed by atoms with Gasteiger partial charge in [0.05, 0.1) is 17.5 Å². The van der Waals surface area contributed by atoms with E-state index in [1.807, 2.05) is 0 Å². The Morgan fingerprint density at radius 1 is 1.05 bits per heavy atom. The molecule has 1 fully saturated rings. The molecule has 0 aromatic carbocycles. The van der Waals surface area contributed by atoms with Crippen LogP contribution in [0.3, 0.4) is 0 Å². The summed E-state index contributed by atoms with van der Waals surface area (Å²) in [5.74, 6) is -3.60. The second-order valence-corrected chi connectivity index (χ2v) is 11.3. The number of nitrogens with zero attached hydrogens (tertiary/aromatic N) is 4. The van der Waals surface area contributed by atoms with Gasteiger partial charge in [-0.2, -0.15) is 26.3 Å². The molecule has 0 saturated heterocycles. The van der Waals surface area contributed by atoms with E-state index in [0.717, 1.165) is 18.5 Å². The van der Waals surface area contributed by atoms with Crippen LogP contribution >= 0.6 is 0 Å². The van der Waals surface area contributed by atoms with Crippen molar-refractivity contribution in [3.8, 4) is 11.3 Å². The SMILES string of the molecule is C[C@@H]1C([S+]([O-])c2cccnc2)CC[C@H](C(=O)NCc2cc(-c3cnc(C(F)(F)F)nc3)ncc2C(F)(F)F)C[C@H]1F. The number of alkyl halides is 7. The van der Waals surface area contributed by atoms with E-state index < -0.39 is 76.2 Å². The standard InChI is InChI=1S/C26H24F7N5O2S/c1-14-20(27)7-15(4-5-22(14)41(40)18-3-2-6-34-12-18)23(39)36-9-16-8-21(35-13-19(16)25(28,29)30)17-10-37-24(38-11-17)26(31,32)33/h2-3,6,8,10-15,20,22H,4-5,7,9H2,1H3,(H,36,39)/t14-,15-,20+,22?,41?/m0/s1. The van der Waals surface area contributed by atoms with Gasteiger partial charge in [-0.15, -0.1) is 0 Å². The molecular weight excluding hydrogens is 579 g/mol. The lowest BCUT2D eigenvalue weighted by atomic mass is 9.96. The van der Waals surface area contributed by atoms with Gasteiger partial charge in [0.1, 0.15) is 11.4 Å². The number of nitrogens with one attached hydrogen (secondary N) is 1. The Morgan fingerprint density at radius 3 is 2.37 bits per heavy atom. The molecule has 1 aliphatic rings. The zero-order valence-corrected chi connectivity index (χ0v) is 22.2. The molecule has 2 unspecified atom stereocenters. The lowest BCUT2D eigenvalue weighted by Gasteiger charge is -2.26. The molecule has 4 rings (SSSR count). The number of hydrogen-bond acceptors (Lipinski definition) is 6. The van der Waals surface area contributed by atoms with E-state index in [0.29, 0.717) is 11.1 Å². The van der Waals surface area contributed by atoms with Crippen LogP contribution in [-0.2, 0) is 34.9 Å². The average molecular weight is 604 g/mol. The van der Waals surface area contributed by atoms with E-state index in [-0.39, 0.29) is 30.5 Å². The zero-order valence-electron chi connectivity index (χ0n) is 21.4. The Hall–Kier alpha value is -3.33. The molecule has 15 heteroatoms. The van der Waals surface area contributed by atoms with Gasteiger partial charge in [-0.1, -0.05) is 6.92 Å². The molecule has 0 aliphatic heterocycles. The van der Waals surface area contributed by atoms with Crippen molar-refractivity contribution in [3.05, 3.63) is 66.1 Å². The van der Waals surface area contributed by atoms with Crippen molar-refractivity contribution < 1.29 is 40.1 Å². The third kappa shape index (κ3) is 7.31. The molecule has 0 spiro atoms. The third-order valence-corrected chi connectivity index (χ3v) is 8.85. The average Bonchev–Trinajstić information content (AvgIpc) is 3.08. The number of rotatable bonds is 6. The number of hydrogen-bond donors (Lipinski definition) is 1. The molecule has 5 atom stereocenters. The number of pyridine rings is 2. The number of carbonyl (C=O) groups excluding carboxylic acids is 1. The number of amides is 1. The van der Waals surface area contributed by atoms with Gasteiger partial charge >= 0.3 is 12.4 Å². The number of carbonyl (C=O) groups is 1. The van der Waals surface area contributed by atoms with E-state index in [9.17, 15) is 35.7 Å². The smallest absolute Gasteiger partial charge is 0.451 e. The predicted octanol–water partition coefficient (Wildman–Crippen LogP) is 5.54. The van der Waals surface area contributed by atoms with Crippen LogP contribution in [0.25, 0.3) is 11.3 Å². The van der Waals surface area contributed by atoms with Crippen LogP contribution in [0.1, 0.15) is 43.1 Å². The maximum atomic E-state index is 15.1. The van der Waals surface area contributed by atoms with Crippen molar-refractivity contribution in [1.29, 1.82) is 0 Å². The zero-order chi connectivity index (χ0) is 29.9. The first kappa shape index (κ1) is 30.6. The van der Waals surface area contributed by atoms with Gasteiger partial charge in [0.25, 0.3) is 0 Å². The van der Waals surface area contributed by atoms with Gasteiger partial charge in [-0.25, -0.2) is 14.4 Å². The highest BCUT2D eigenvalue weighted by atomic mass is 32.2. The highest BCUT2D eigenvalue weighted by Crippen LogP contribution is 2.37. The molecule has 7 nitrogen and oxygen atoms in total. The summed E-state index contributed by atoms with van der Waals surface area (Å²) in [6.07, 6.45) is -5.85. The topological polar surface area (TPSA) is 104 Å². The van der Waals surface area contributed by atoms with E-state index in [4.69, 9.17) is 0 Å². The van der Waals surface area contributed by atoms with Crippen LogP contribution in [0.5, 0.6) is 0 Å². The molecule has 1 saturated carbocycles. The van der Waals surface area contributed by atoms with Crippen molar-refractivity contribution in [2.75, 3.05) is 0 Å². The van der Waals surface area contributed by atoms with Crippen molar-refractivity contribution in [3.63, 3.8) is 0 Å². The first-order valence-electron chi connectivity index (χ1n) is 12.4. The van der Waals surface area contributed by atoms with E-state index in [1.54, 1.807) is 19.1 Å². The predicted molar refractivity (Wildman–Crippen MR) is 133 cm³/mol. The highest BCUT2D eigenvalue weighted by Gasteiger charge is 2.41. The van der Waals surface area contributed by atoms with Crippen molar-refractivity contribution in [2.24, 2.45) is 11.8 Å². The van der Waals surface area contributed by atoms with Gasteiger partial charge < -0.3 is 9.87 Å². The molecule has 220 valence electrons. The minimum atomic E-state index is -4.84. The molecule has 1 amide bonds. The van der Waals surface area contributed by atoms with Crippen molar-refractivity contribution >= 4 is 17.1 Å². The van der Waals surface area contributed by atoms with E-state index in [2.05, 4.69) is 25.3 Å². The largest absolute Gasteiger partial charge is 0.611 e. The summed E-state index contributed by atoms with van der Waals surface area (Å²) in [6.45, 7) is 1.02. The summed E-state index contributed by atoms with van der Waals surface area (Å²) in [5, 5.41) is 1.84. The summed E-state index contributed by atoms with van der Waals surface area (Å²) >= 11 is -1.57. The first-order chi connectivity index (χ1) is 19.3. The summed E-state index contributed by atoms with van der Waals surface area (Å²) in [7, 11) is 0. The van der Waals surface area contributed by atoms with E-state index in [1.165, 1.54) is 12.4 Å². The number of halogens is 7. The van der Waals surface area contributed by atoms with Crippen LogP contribution in [0.2, 0.25) is 0 Å². The number of aromatic nitrogens is 4. The van der Waals surface area contributed by atoms with Crippen molar-refractivity contribution in [1.82, 2.24) is 25.3 Å². The van der Waals surface area contributed by atoms with Crippen LogP contribution in [0, 0.1) is 11.8 Å². The maximum absolute atomic E-state index is 15.1. The molecule has 3 aromatic heterocycles. The van der Waals surface area contributed by atoms with E-state index >= 15 is 4.39 Å². The van der Waals surface area contributed by atoms with Gasteiger partial charge in [0.15, 0.2) is 4.90 Å². The van der Waals surface area contributed by atoms with Crippen LogP contribution in [0.4, 0.5) is 30.7 Å². The lowest BCUT2D eigenvalue weighted by Crippen LogP contribution is -2.33. The fourth-order valence-electron chi connectivity index (χ4n) is 4.64. The maximum Gasteiger partial charge on any atom is 0.451 e. The van der Waals surface area contributed by atoms with Crippen LogP contribution in [-0.4, -0.2) is 41.8 Å². The summed E-state index contributed by atoms with van der Waals surface area (Å²) in [4.78, 5) is 27.4. The molecule has 1 N–H and O–H groups in total. The van der Waals surface area contributed by atoms with Gasteiger partial charge in [0.2, 0.25) is 11.7 Å². The van der Waals surface area contributed by atoms with Gasteiger partial charge in [0, 0.05) is 48.7 Å². The Morgan fingerprint density at radius 2 is 1.76 bits per heavy atom. The molecule has 1 aliphatic carbocycles. The Labute approximate surface area is 233 Å². The second kappa shape index (κ2) is 12.3. The molecule has 3 heterocycles. The Kier molecular flexibility index (Phi) is 9.16. The minimum Gasteiger partial charge on any atom is -0.611 e. The third-order valence-electron chi connectivity index (χ3n) is 6.93. The van der Waals surface area contributed by atoms with Gasteiger partial charge in [-0.3, -0.25) is 14.8 Å². The monoisotopic (exact) mass is 603 g/mol. The second-order valence-electron chi connectivity index (χ2n) is 9.65. The molecule has 0 radical (unpaired) electrons. The first-order valence-corrected chi connectivity index (χ1v) is 13.6. The molecule has 3 aromatic rings. The highest BCUT2D eigenvalue weighted by molar-refractivity contribution is 7.92. The fraction of sp³-hybridized carbons (Fsp3) is 0.423. The fourth-order valence-corrected chi connectivity index (χ4v) is 6.27. The Bertz CT molecular complexity index is 1340. The molecule has 41 heavy (non-hydrogen) atoms. The lowest BCUT2D eigenvalue weighted by molar-refractivity contribution is -0.145. The van der Waals surface area contributed by atoms with Crippen molar-refractivity contribution in [2.45, 2.75) is 61.4 Å². The summed E-state index contributed by atoms with van der Waals surface area (Å²) in [5.41, 5.74) is -1.75. The Balaban J connectivity index is 1.49. The summed E-state index contributed by atoms with van der Waals surface area (Å²) < 4.78 is 107. The minimum absolute atomic E-state index is 0.0648.